The van der Waals surface area contributed by atoms with E-state index >= 15 is 0 Å². The van der Waals surface area contributed by atoms with E-state index in [1.165, 1.54) is 0 Å². The number of hydrogen-bond donors (Lipinski definition) is 2. The molecule has 0 aliphatic carbocycles. The second-order valence-electron chi connectivity index (χ2n) is 6.62. The van der Waals surface area contributed by atoms with Crippen LogP contribution in [0, 0.1) is 0 Å². The van der Waals surface area contributed by atoms with Gasteiger partial charge in [-0.25, -0.2) is 0 Å². The van der Waals surface area contributed by atoms with E-state index in [0.717, 1.165) is 22.8 Å². The highest BCUT2D eigenvalue weighted by molar-refractivity contribution is 14.0. The van der Waals surface area contributed by atoms with Crippen molar-refractivity contribution in [1.82, 2.24) is 20.4 Å². The molecule has 138 valence electrons. The Balaban J connectivity index is 0.00000312. The van der Waals surface area contributed by atoms with Gasteiger partial charge in [0.25, 0.3) is 0 Å². The maximum Gasteiger partial charge on any atom is 0.191 e. The molecule has 1 aromatic carbocycles. The standard InChI is InChI=1S/C18H27N5O.HI/c1-18(2,3)24-16-9-7-6-8-15(16)12-21-17(19-4)20-10-14-11-22-23(5)13-14;/h6-9,11,13H,10,12H2,1-5H3,(H2,19,20,21);1H. The van der Waals surface area contributed by atoms with E-state index < -0.39 is 0 Å². The van der Waals surface area contributed by atoms with Crippen LogP contribution in [0.5, 0.6) is 5.75 Å². The summed E-state index contributed by atoms with van der Waals surface area (Å²) in [5.74, 6) is 1.63. The van der Waals surface area contributed by atoms with Gasteiger partial charge >= 0.3 is 0 Å². The molecule has 0 saturated carbocycles. The first-order valence-corrected chi connectivity index (χ1v) is 8.06. The number of aliphatic imine (C=N–C) groups is 1. The van der Waals surface area contributed by atoms with Crippen molar-refractivity contribution in [1.29, 1.82) is 0 Å². The molecule has 0 radical (unpaired) electrons. The largest absolute Gasteiger partial charge is 0.488 e. The van der Waals surface area contributed by atoms with Crippen LogP contribution in [0.4, 0.5) is 0 Å². The second kappa shape index (κ2) is 9.65. The molecule has 0 aliphatic rings. The molecule has 0 atom stereocenters. The predicted molar refractivity (Wildman–Crippen MR) is 112 cm³/mol. The van der Waals surface area contributed by atoms with Crippen LogP contribution < -0.4 is 15.4 Å². The minimum Gasteiger partial charge on any atom is -0.488 e. The zero-order chi connectivity index (χ0) is 17.6. The summed E-state index contributed by atoms with van der Waals surface area (Å²) in [6, 6.07) is 8.05. The van der Waals surface area contributed by atoms with E-state index in [-0.39, 0.29) is 29.6 Å². The van der Waals surface area contributed by atoms with Crippen LogP contribution in [-0.4, -0.2) is 28.4 Å². The van der Waals surface area contributed by atoms with Gasteiger partial charge in [-0.1, -0.05) is 18.2 Å². The van der Waals surface area contributed by atoms with Crippen LogP contribution in [0.2, 0.25) is 0 Å². The number of guanidine groups is 1. The summed E-state index contributed by atoms with van der Waals surface area (Å²) >= 11 is 0. The molecule has 0 saturated heterocycles. The Morgan fingerprint density at radius 2 is 1.88 bits per heavy atom. The lowest BCUT2D eigenvalue weighted by Crippen LogP contribution is -2.36. The maximum absolute atomic E-state index is 6.02. The molecular weight excluding hydrogens is 429 g/mol. The average molecular weight is 457 g/mol. The van der Waals surface area contributed by atoms with E-state index in [1.54, 1.807) is 11.7 Å². The highest BCUT2D eigenvalue weighted by Crippen LogP contribution is 2.22. The average Bonchev–Trinajstić information content (AvgIpc) is 2.93. The molecule has 1 aromatic heterocycles. The summed E-state index contributed by atoms with van der Waals surface area (Å²) in [7, 11) is 3.67. The van der Waals surface area contributed by atoms with Crippen LogP contribution in [0.15, 0.2) is 41.7 Å². The third kappa shape index (κ3) is 7.33. The zero-order valence-electron chi connectivity index (χ0n) is 15.5. The second-order valence-corrected chi connectivity index (χ2v) is 6.62. The zero-order valence-corrected chi connectivity index (χ0v) is 17.9. The topological polar surface area (TPSA) is 63.5 Å². The lowest BCUT2D eigenvalue weighted by atomic mass is 10.1. The van der Waals surface area contributed by atoms with E-state index in [4.69, 9.17) is 4.74 Å². The number of rotatable bonds is 5. The number of benzene rings is 1. The van der Waals surface area contributed by atoms with Crippen molar-refractivity contribution in [3.05, 3.63) is 47.8 Å². The molecular formula is C18H28IN5O. The number of ether oxygens (including phenoxy) is 1. The number of aryl methyl sites for hydroxylation is 1. The van der Waals surface area contributed by atoms with Crippen LogP contribution in [-0.2, 0) is 20.1 Å². The lowest BCUT2D eigenvalue weighted by Gasteiger charge is -2.23. The molecule has 25 heavy (non-hydrogen) atoms. The fraction of sp³-hybridized carbons (Fsp3) is 0.444. The summed E-state index contributed by atoms with van der Waals surface area (Å²) in [5, 5.41) is 10.8. The Bertz CT molecular complexity index is 691. The number of halogens is 1. The van der Waals surface area contributed by atoms with E-state index in [2.05, 4.69) is 26.8 Å². The monoisotopic (exact) mass is 457 g/mol. The maximum atomic E-state index is 6.02. The lowest BCUT2D eigenvalue weighted by molar-refractivity contribution is 0.129. The molecule has 2 rings (SSSR count). The Labute approximate surface area is 167 Å². The quantitative estimate of drug-likeness (QED) is 0.412. The van der Waals surface area contributed by atoms with Gasteiger partial charge in [-0.3, -0.25) is 9.67 Å². The van der Waals surface area contributed by atoms with E-state index in [1.807, 2.05) is 58.4 Å². The van der Waals surface area contributed by atoms with Gasteiger partial charge in [-0.05, 0) is 26.8 Å². The fourth-order valence-corrected chi connectivity index (χ4v) is 2.23. The molecule has 1 heterocycles. The Morgan fingerprint density at radius 3 is 2.48 bits per heavy atom. The van der Waals surface area contributed by atoms with Gasteiger partial charge in [0.05, 0.1) is 6.20 Å². The highest BCUT2D eigenvalue weighted by atomic mass is 127. The van der Waals surface area contributed by atoms with Crippen molar-refractivity contribution in [2.75, 3.05) is 7.05 Å². The number of aromatic nitrogens is 2. The van der Waals surface area contributed by atoms with Crippen molar-refractivity contribution < 1.29 is 4.74 Å². The van der Waals surface area contributed by atoms with Crippen LogP contribution in [0.1, 0.15) is 31.9 Å². The molecule has 0 bridgehead atoms. The first kappa shape index (κ1) is 21.3. The summed E-state index contributed by atoms with van der Waals surface area (Å²) in [6.07, 6.45) is 3.82. The van der Waals surface area contributed by atoms with Gasteiger partial charge in [0.1, 0.15) is 11.4 Å². The molecule has 0 amide bonds. The van der Waals surface area contributed by atoms with Gasteiger partial charge in [-0.2, -0.15) is 5.10 Å². The van der Waals surface area contributed by atoms with E-state index in [0.29, 0.717) is 13.1 Å². The smallest absolute Gasteiger partial charge is 0.191 e. The molecule has 0 aliphatic heterocycles. The molecule has 2 N–H and O–H groups in total. The number of para-hydroxylation sites is 1. The molecule has 0 spiro atoms. The van der Waals surface area contributed by atoms with Gasteiger partial charge < -0.3 is 15.4 Å². The highest BCUT2D eigenvalue weighted by Gasteiger charge is 2.14. The summed E-state index contributed by atoms with van der Waals surface area (Å²) in [6.45, 7) is 7.45. The van der Waals surface area contributed by atoms with Crippen LogP contribution in [0.25, 0.3) is 0 Å². The minimum absolute atomic E-state index is 0. The molecule has 7 heteroatoms. The van der Waals surface area contributed by atoms with Crippen molar-refractivity contribution in [3.63, 3.8) is 0 Å². The predicted octanol–water partition coefficient (Wildman–Crippen LogP) is 3.08. The molecule has 0 unspecified atom stereocenters. The Hall–Kier alpha value is -1.77. The first-order valence-electron chi connectivity index (χ1n) is 8.06. The molecule has 2 aromatic rings. The van der Waals surface area contributed by atoms with Crippen molar-refractivity contribution in [2.45, 2.75) is 39.5 Å². The fourth-order valence-electron chi connectivity index (χ4n) is 2.23. The van der Waals surface area contributed by atoms with Gasteiger partial charge in [-0.15, -0.1) is 24.0 Å². The molecule has 0 fully saturated rings. The summed E-state index contributed by atoms with van der Waals surface area (Å²) in [4.78, 5) is 4.26. The van der Waals surface area contributed by atoms with E-state index in [9.17, 15) is 0 Å². The molecule has 6 nitrogen and oxygen atoms in total. The minimum atomic E-state index is -0.226. The Kier molecular flexibility index (Phi) is 8.21. The normalized spacial score (nSPS) is 11.6. The van der Waals surface area contributed by atoms with Crippen molar-refractivity contribution >= 4 is 29.9 Å². The summed E-state index contributed by atoms with van der Waals surface area (Å²) in [5.41, 5.74) is 1.98. The number of nitrogens with zero attached hydrogens (tertiary/aromatic N) is 3. The van der Waals surface area contributed by atoms with Gasteiger partial charge in [0.15, 0.2) is 5.96 Å². The Morgan fingerprint density at radius 1 is 1.20 bits per heavy atom. The van der Waals surface area contributed by atoms with Crippen molar-refractivity contribution in [3.8, 4) is 5.75 Å². The van der Waals surface area contributed by atoms with Gasteiger partial charge in [0, 0.05) is 44.5 Å². The number of hydrogen-bond acceptors (Lipinski definition) is 3. The third-order valence-corrected chi connectivity index (χ3v) is 3.28. The van der Waals surface area contributed by atoms with Gasteiger partial charge in [0.2, 0.25) is 0 Å². The SMILES string of the molecule is CN=C(NCc1cnn(C)c1)NCc1ccccc1OC(C)(C)C.I. The summed E-state index contributed by atoms with van der Waals surface area (Å²) < 4.78 is 7.80. The number of nitrogens with one attached hydrogen (secondary N) is 2. The first-order chi connectivity index (χ1) is 11.4. The van der Waals surface area contributed by atoms with Crippen LogP contribution in [0.3, 0.4) is 0 Å². The third-order valence-electron chi connectivity index (χ3n) is 3.28. The van der Waals surface area contributed by atoms with Crippen LogP contribution >= 0.6 is 24.0 Å². The van der Waals surface area contributed by atoms with Crippen molar-refractivity contribution in [2.24, 2.45) is 12.0 Å².